The molecule has 1 saturated carbocycles. The predicted molar refractivity (Wildman–Crippen MR) is 124 cm³/mol. The SMILES string of the molecule is O=C(N1CCC(=Cc2nccc(=O)[nH]2)C2(CCCC2)C1)N1CCNCC1c1ccccc1. The summed E-state index contributed by atoms with van der Waals surface area (Å²) in [5.74, 6) is 0.616. The van der Waals surface area contributed by atoms with E-state index in [4.69, 9.17) is 0 Å². The van der Waals surface area contributed by atoms with Gasteiger partial charge in [0.25, 0.3) is 5.56 Å². The molecule has 1 aromatic carbocycles. The van der Waals surface area contributed by atoms with Crippen LogP contribution in [0.25, 0.3) is 6.08 Å². The van der Waals surface area contributed by atoms with Gasteiger partial charge in [0.15, 0.2) is 0 Å². The molecule has 5 rings (SSSR count). The minimum absolute atomic E-state index is 0.00139. The summed E-state index contributed by atoms with van der Waals surface area (Å²) in [6, 6.07) is 12.0. The van der Waals surface area contributed by atoms with E-state index in [9.17, 15) is 9.59 Å². The molecule has 1 aliphatic carbocycles. The van der Waals surface area contributed by atoms with E-state index >= 15 is 0 Å². The molecule has 3 fully saturated rings. The molecule has 2 aliphatic heterocycles. The van der Waals surface area contributed by atoms with Crippen molar-refractivity contribution in [3.63, 3.8) is 0 Å². The summed E-state index contributed by atoms with van der Waals surface area (Å²) in [6.07, 6.45) is 8.97. The molecule has 2 N–H and O–H groups in total. The number of aromatic amines is 1. The minimum Gasteiger partial charge on any atom is -0.323 e. The number of likely N-dealkylation sites (tertiary alicyclic amines) is 1. The highest BCUT2D eigenvalue weighted by Gasteiger charge is 2.44. The third-order valence-electron chi connectivity index (χ3n) is 7.33. The second kappa shape index (κ2) is 8.90. The zero-order valence-corrected chi connectivity index (χ0v) is 18.4. The van der Waals surface area contributed by atoms with E-state index in [0.29, 0.717) is 12.4 Å². The van der Waals surface area contributed by atoms with Crippen LogP contribution in [0.3, 0.4) is 0 Å². The maximum absolute atomic E-state index is 13.7. The van der Waals surface area contributed by atoms with Crippen molar-refractivity contribution < 1.29 is 4.79 Å². The molecule has 0 radical (unpaired) electrons. The molecule has 2 amide bonds. The number of piperazine rings is 1. The summed E-state index contributed by atoms with van der Waals surface area (Å²) in [6.45, 7) is 3.79. The molecule has 3 heterocycles. The summed E-state index contributed by atoms with van der Waals surface area (Å²) in [5, 5.41) is 3.45. The van der Waals surface area contributed by atoms with Gasteiger partial charge in [0.2, 0.25) is 0 Å². The number of H-pyrrole nitrogens is 1. The summed E-state index contributed by atoms with van der Waals surface area (Å²) in [4.78, 5) is 36.7. The van der Waals surface area contributed by atoms with Gasteiger partial charge >= 0.3 is 6.03 Å². The van der Waals surface area contributed by atoms with E-state index in [1.165, 1.54) is 30.0 Å². The van der Waals surface area contributed by atoms with Crippen molar-refractivity contribution in [3.8, 4) is 0 Å². The van der Waals surface area contributed by atoms with E-state index < -0.39 is 0 Å². The lowest BCUT2D eigenvalue weighted by atomic mass is 9.73. The number of benzene rings is 1. The molecule has 7 nitrogen and oxygen atoms in total. The Balaban J connectivity index is 1.38. The van der Waals surface area contributed by atoms with E-state index in [-0.39, 0.29) is 23.0 Å². The summed E-state index contributed by atoms with van der Waals surface area (Å²) in [5.41, 5.74) is 2.37. The predicted octanol–water partition coefficient (Wildman–Crippen LogP) is 3.19. The fourth-order valence-electron chi connectivity index (χ4n) is 5.70. The Kier molecular flexibility index (Phi) is 5.83. The number of hydrogen-bond acceptors (Lipinski definition) is 4. The van der Waals surface area contributed by atoms with Gasteiger partial charge in [-0.15, -0.1) is 0 Å². The monoisotopic (exact) mass is 433 g/mol. The van der Waals surface area contributed by atoms with Gasteiger partial charge < -0.3 is 20.1 Å². The standard InChI is InChI=1S/C25H31N5O2/c31-23-8-12-27-22(28-23)16-20-9-14-29(18-25(20)10-4-5-11-25)24(32)30-15-13-26-17-21(30)19-6-2-1-3-7-19/h1-3,6-8,12,16,21,26H,4-5,9-11,13-15,17-18H2,(H,27,28,31). The van der Waals surface area contributed by atoms with Crippen LogP contribution in [0, 0.1) is 5.41 Å². The average molecular weight is 434 g/mol. The molecule has 2 aromatic rings. The Morgan fingerprint density at radius 3 is 2.72 bits per heavy atom. The Morgan fingerprint density at radius 2 is 1.94 bits per heavy atom. The van der Waals surface area contributed by atoms with Gasteiger partial charge in [0.05, 0.1) is 6.04 Å². The van der Waals surface area contributed by atoms with Crippen LogP contribution in [-0.4, -0.2) is 58.5 Å². The Hall–Kier alpha value is -2.93. The van der Waals surface area contributed by atoms with E-state index in [0.717, 1.165) is 45.4 Å². The molecule has 2 saturated heterocycles. The summed E-state index contributed by atoms with van der Waals surface area (Å²) >= 11 is 0. The topological polar surface area (TPSA) is 81.3 Å². The highest BCUT2D eigenvalue weighted by molar-refractivity contribution is 5.76. The quantitative estimate of drug-likeness (QED) is 0.762. The molecular formula is C25H31N5O2. The second-order valence-electron chi connectivity index (χ2n) is 9.25. The van der Waals surface area contributed by atoms with Crippen molar-refractivity contribution in [2.75, 3.05) is 32.7 Å². The molecule has 32 heavy (non-hydrogen) atoms. The Morgan fingerprint density at radius 1 is 1.12 bits per heavy atom. The first-order valence-corrected chi connectivity index (χ1v) is 11.7. The fourth-order valence-corrected chi connectivity index (χ4v) is 5.70. The molecular weight excluding hydrogens is 402 g/mol. The lowest BCUT2D eigenvalue weighted by Gasteiger charge is -2.46. The van der Waals surface area contributed by atoms with Crippen LogP contribution in [-0.2, 0) is 0 Å². The number of piperidine rings is 1. The molecule has 3 aliphatic rings. The van der Waals surface area contributed by atoms with Gasteiger partial charge in [0, 0.05) is 50.4 Å². The van der Waals surface area contributed by atoms with Crippen LogP contribution in [0.5, 0.6) is 0 Å². The van der Waals surface area contributed by atoms with Crippen LogP contribution < -0.4 is 10.9 Å². The highest BCUT2D eigenvalue weighted by atomic mass is 16.2. The van der Waals surface area contributed by atoms with Gasteiger partial charge in [0.1, 0.15) is 5.82 Å². The molecule has 1 atom stereocenters. The van der Waals surface area contributed by atoms with Crippen LogP contribution in [0.4, 0.5) is 4.79 Å². The Labute approximate surface area is 188 Å². The minimum atomic E-state index is -0.134. The number of aromatic nitrogens is 2. The van der Waals surface area contributed by atoms with Gasteiger partial charge in [-0.3, -0.25) is 4.79 Å². The lowest BCUT2D eigenvalue weighted by Crippen LogP contribution is -2.56. The summed E-state index contributed by atoms with van der Waals surface area (Å²) in [7, 11) is 0. The number of urea groups is 1. The average Bonchev–Trinajstić information content (AvgIpc) is 3.29. The third kappa shape index (κ3) is 4.09. The molecule has 1 spiro atoms. The summed E-state index contributed by atoms with van der Waals surface area (Å²) < 4.78 is 0. The van der Waals surface area contributed by atoms with Crippen molar-refractivity contribution >= 4 is 12.1 Å². The zero-order chi connectivity index (χ0) is 22.0. The fraction of sp³-hybridized carbons (Fsp3) is 0.480. The van der Waals surface area contributed by atoms with Gasteiger partial charge in [-0.05, 0) is 30.9 Å². The molecule has 0 bridgehead atoms. The van der Waals surface area contributed by atoms with Crippen LogP contribution in [0.15, 0.2) is 53.0 Å². The van der Waals surface area contributed by atoms with Gasteiger partial charge in [-0.1, -0.05) is 48.7 Å². The first-order chi connectivity index (χ1) is 15.6. The van der Waals surface area contributed by atoms with Crippen molar-refractivity contribution in [2.24, 2.45) is 5.41 Å². The number of carbonyl (C=O) groups excluding carboxylic acids is 1. The van der Waals surface area contributed by atoms with E-state index in [1.54, 1.807) is 6.20 Å². The maximum Gasteiger partial charge on any atom is 0.320 e. The highest BCUT2D eigenvalue weighted by Crippen LogP contribution is 2.49. The number of hydrogen-bond donors (Lipinski definition) is 2. The van der Waals surface area contributed by atoms with Crippen molar-refractivity contribution in [1.29, 1.82) is 0 Å². The smallest absolute Gasteiger partial charge is 0.320 e. The van der Waals surface area contributed by atoms with Crippen molar-refractivity contribution in [3.05, 3.63) is 69.9 Å². The molecule has 1 unspecified atom stereocenters. The van der Waals surface area contributed by atoms with Gasteiger partial charge in [-0.25, -0.2) is 9.78 Å². The first-order valence-electron chi connectivity index (χ1n) is 11.7. The van der Waals surface area contributed by atoms with Crippen molar-refractivity contribution in [1.82, 2.24) is 25.1 Å². The number of nitrogens with zero attached hydrogens (tertiary/aromatic N) is 3. The van der Waals surface area contributed by atoms with Crippen molar-refractivity contribution in [2.45, 2.75) is 38.1 Å². The van der Waals surface area contributed by atoms with Crippen LogP contribution in [0.1, 0.15) is 49.5 Å². The number of rotatable bonds is 2. The molecule has 1 aromatic heterocycles. The zero-order valence-electron chi connectivity index (χ0n) is 18.4. The number of carbonyl (C=O) groups is 1. The number of nitrogens with one attached hydrogen (secondary N) is 2. The molecule has 168 valence electrons. The molecule has 7 heteroatoms. The van der Waals surface area contributed by atoms with Gasteiger partial charge in [-0.2, -0.15) is 0 Å². The van der Waals surface area contributed by atoms with Crippen LogP contribution >= 0.6 is 0 Å². The lowest BCUT2D eigenvalue weighted by molar-refractivity contribution is 0.0945. The third-order valence-corrected chi connectivity index (χ3v) is 7.33. The normalized spacial score (nSPS) is 24.2. The van der Waals surface area contributed by atoms with E-state index in [1.807, 2.05) is 18.2 Å². The van der Waals surface area contributed by atoms with Crippen LogP contribution in [0.2, 0.25) is 0 Å². The Bertz CT molecular complexity index is 1040. The first kappa shape index (κ1) is 20.9. The second-order valence-corrected chi connectivity index (χ2v) is 9.25. The number of amides is 2. The maximum atomic E-state index is 13.7. The van der Waals surface area contributed by atoms with E-state index in [2.05, 4.69) is 43.3 Å². The largest absolute Gasteiger partial charge is 0.323 e.